The Morgan fingerprint density at radius 2 is 2.10 bits per heavy atom. The number of nitrogens with two attached hydrogens (primary N) is 1. The van der Waals surface area contributed by atoms with E-state index in [0.29, 0.717) is 6.42 Å². The molecule has 0 saturated carbocycles. The third-order valence-electron chi connectivity index (χ3n) is 4.56. The highest BCUT2D eigenvalue weighted by molar-refractivity contribution is 5.82. The standard InChI is InChI=1S/C17H26N2O/c1-3-17(2)10-7-11-19(13-17)16(20)15(18)12-14-8-5-4-6-9-14/h4-6,8-9,15H,3,7,10-13,18H2,1-2H3/t15-,17?/m0/s1. The highest BCUT2D eigenvalue weighted by atomic mass is 16.2. The van der Waals surface area contributed by atoms with Crippen LogP contribution in [0, 0.1) is 5.41 Å². The molecule has 0 aliphatic carbocycles. The zero-order valence-electron chi connectivity index (χ0n) is 12.6. The molecule has 3 nitrogen and oxygen atoms in total. The molecule has 1 aliphatic heterocycles. The van der Waals surface area contributed by atoms with Gasteiger partial charge in [0.1, 0.15) is 0 Å². The van der Waals surface area contributed by atoms with Crippen LogP contribution in [0.4, 0.5) is 0 Å². The third kappa shape index (κ3) is 3.60. The molecule has 1 aliphatic rings. The smallest absolute Gasteiger partial charge is 0.239 e. The highest BCUT2D eigenvalue weighted by Crippen LogP contribution is 2.32. The Morgan fingerprint density at radius 1 is 1.40 bits per heavy atom. The van der Waals surface area contributed by atoms with Crippen molar-refractivity contribution in [1.82, 2.24) is 4.90 Å². The summed E-state index contributed by atoms with van der Waals surface area (Å²) >= 11 is 0. The van der Waals surface area contributed by atoms with Crippen LogP contribution in [0.25, 0.3) is 0 Å². The molecule has 110 valence electrons. The second-order valence-corrected chi connectivity index (χ2v) is 6.32. The van der Waals surface area contributed by atoms with Gasteiger partial charge in [0.2, 0.25) is 5.91 Å². The van der Waals surface area contributed by atoms with Crippen LogP contribution in [0.15, 0.2) is 30.3 Å². The van der Waals surface area contributed by atoms with Gasteiger partial charge in [-0.1, -0.05) is 44.2 Å². The molecule has 0 aromatic heterocycles. The van der Waals surface area contributed by atoms with Crippen molar-refractivity contribution in [3.05, 3.63) is 35.9 Å². The Kier molecular flexibility index (Phi) is 4.81. The maximum Gasteiger partial charge on any atom is 0.239 e. The number of hydrogen-bond acceptors (Lipinski definition) is 2. The van der Waals surface area contributed by atoms with Crippen molar-refractivity contribution < 1.29 is 4.79 Å². The van der Waals surface area contributed by atoms with Crippen LogP contribution in [-0.2, 0) is 11.2 Å². The molecule has 1 heterocycles. The minimum absolute atomic E-state index is 0.105. The first-order chi connectivity index (χ1) is 9.54. The summed E-state index contributed by atoms with van der Waals surface area (Å²) in [5.74, 6) is 0.105. The summed E-state index contributed by atoms with van der Waals surface area (Å²) in [6, 6.07) is 9.59. The minimum Gasteiger partial charge on any atom is -0.341 e. The number of nitrogens with zero attached hydrogens (tertiary/aromatic N) is 1. The molecular weight excluding hydrogens is 248 g/mol. The maximum absolute atomic E-state index is 12.5. The van der Waals surface area contributed by atoms with Gasteiger partial charge < -0.3 is 10.6 Å². The molecule has 0 bridgehead atoms. The topological polar surface area (TPSA) is 46.3 Å². The molecule has 20 heavy (non-hydrogen) atoms. The monoisotopic (exact) mass is 274 g/mol. The Labute approximate surface area is 122 Å². The lowest BCUT2D eigenvalue weighted by Crippen LogP contribution is -2.51. The van der Waals surface area contributed by atoms with E-state index in [-0.39, 0.29) is 11.3 Å². The number of rotatable bonds is 4. The van der Waals surface area contributed by atoms with Crippen molar-refractivity contribution in [2.75, 3.05) is 13.1 Å². The average molecular weight is 274 g/mol. The van der Waals surface area contributed by atoms with E-state index >= 15 is 0 Å². The van der Waals surface area contributed by atoms with E-state index in [1.54, 1.807) is 0 Å². The van der Waals surface area contributed by atoms with E-state index < -0.39 is 6.04 Å². The van der Waals surface area contributed by atoms with Crippen LogP contribution in [0.3, 0.4) is 0 Å². The fourth-order valence-corrected chi connectivity index (χ4v) is 2.98. The summed E-state index contributed by atoms with van der Waals surface area (Å²) in [5, 5.41) is 0. The molecule has 1 amide bonds. The molecule has 2 N–H and O–H groups in total. The summed E-state index contributed by atoms with van der Waals surface area (Å²) < 4.78 is 0. The minimum atomic E-state index is -0.420. The zero-order valence-corrected chi connectivity index (χ0v) is 12.6. The maximum atomic E-state index is 12.5. The average Bonchev–Trinajstić information content (AvgIpc) is 2.47. The molecule has 2 atom stereocenters. The van der Waals surface area contributed by atoms with E-state index in [4.69, 9.17) is 5.73 Å². The highest BCUT2D eigenvalue weighted by Gasteiger charge is 2.33. The lowest BCUT2D eigenvalue weighted by molar-refractivity contribution is -0.135. The summed E-state index contributed by atoms with van der Waals surface area (Å²) in [5.41, 5.74) is 7.51. The molecule has 1 aromatic rings. The molecule has 0 spiro atoms. The van der Waals surface area contributed by atoms with Gasteiger partial charge in [-0.2, -0.15) is 0 Å². The summed E-state index contributed by atoms with van der Waals surface area (Å²) in [6.07, 6.45) is 4.04. The second-order valence-electron chi connectivity index (χ2n) is 6.32. The Morgan fingerprint density at radius 3 is 2.75 bits per heavy atom. The van der Waals surface area contributed by atoms with Crippen molar-refractivity contribution >= 4 is 5.91 Å². The molecule has 1 unspecified atom stereocenters. The number of likely N-dealkylation sites (tertiary alicyclic amines) is 1. The van der Waals surface area contributed by atoms with Gasteiger partial charge in [-0.05, 0) is 36.7 Å². The fourth-order valence-electron chi connectivity index (χ4n) is 2.98. The Bertz CT molecular complexity index is 446. The summed E-state index contributed by atoms with van der Waals surface area (Å²) in [7, 11) is 0. The van der Waals surface area contributed by atoms with Crippen molar-refractivity contribution in [2.24, 2.45) is 11.1 Å². The molecule has 3 heteroatoms. The van der Waals surface area contributed by atoms with E-state index in [1.165, 1.54) is 6.42 Å². The van der Waals surface area contributed by atoms with Gasteiger partial charge >= 0.3 is 0 Å². The first-order valence-corrected chi connectivity index (χ1v) is 7.62. The Hall–Kier alpha value is -1.35. The second kappa shape index (κ2) is 6.40. The summed E-state index contributed by atoms with van der Waals surface area (Å²) in [4.78, 5) is 14.5. The molecule has 1 fully saturated rings. The lowest BCUT2D eigenvalue weighted by Gasteiger charge is -2.41. The first-order valence-electron chi connectivity index (χ1n) is 7.62. The number of carbonyl (C=O) groups is 1. The molecule has 0 radical (unpaired) electrons. The zero-order chi connectivity index (χ0) is 14.6. The Balaban J connectivity index is 1.96. The molecule has 1 aromatic carbocycles. The normalized spacial score (nSPS) is 24.4. The fraction of sp³-hybridized carbons (Fsp3) is 0.588. The van der Waals surface area contributed by atoms with Crippen molar-refractivity contribution in [2.45, 2.75) is 45.6 Å². The van der Waals surface area contributed by atoms with Crippen LogP contribution < -0.4 is 5.73 Å². The van der Waals surface area contributed by atoms with Gasteiger partial charge in [0.05, 0.1) is 6.04 Å². The van der Waals surface area contributed by atoms with Crippen LogP contribution in [0.5, 0.6) is 0 Å². The predicted octanol–water partition coefficient (Wildman–Crippen LogP) is 2.60. The summed E-state index contributed by atoms with van der Waals surface area (Å²) in [6.45, 7) is 6.19. The van der Waals surface area contributed by atoms with Gasteiger partial charge in [0.25, 0.3) is 0 Å². The van der Waals surface area contributed by atoms with Crippen molar-refractivity contribution in [1.29, 1.82) is 0 Å². The molecule has 1 saturated heterocycles. The van der Waals surface area contributed by atoms with Crippen molar-refractivity contribution in [3.8, 4) is 0 Å². The van der Waals surface area contributed by atoms with Gasteiger partial charge in [-0.3, -0.25) is 4.79 Å². The van der Waals surface area contributed by atoms with Crippen LogP contribution in [-0.4, -0.2) is 29.9 Å². The molecular formula is C17H26N2O. The first kappa shape index (κ1) is 15.0. The van der Waals surface area contributed by atoms with Gasteiger partial charge in [0, 0.05) is 13.1 Å². The van der Waals surface area contributed by atoms with Crippen LogP contribution >= 0.6 is 0 Å². The van der Waals surface area contributed by atoms with Crippen LogP contribution in [0.1, 0.15) is 38.7 Å². The van der Waals surface area contributed by atoms with Crippen molar-refractivity contribution in [3.63, 3.8) is 0 Å². The van der Waals surface area contributed by atoms with E-state index in [1.807, 2.05) is 35.2 Å². The lowest BCUT2D eigenvalue weighted by atomic mass is 9.79. The van der Waals surface area contributed by atoms with E-state index in [0.717, 1.165) is 31.5 Å². The third-order valence-corrected chi connectivity index (χ3v) is 4.56. The van der Waals surface area contributed by atoms with Gasteiger partial charge in [0.15, 0.2) is 0 Å². The van der Waals surface area contributed by atoms with Gasteiger partial charge in [-0.25, -0.2) is 0 Å². The largest absolute Gasteiger partial charge is 0.341 e. The number of hydrogen-bond donors (Lipinski definition) is 1. The quantitative estimate of drug-likeness (QED) is 0.917. The number of benzene rings is 1. The van der Waals surface area contributed by atoms with Gasteiger partial charge in [-0.15, -0.1) is 0 Å². The number of amides is 1. The van der Waals surface area contributed by atoms with E-state index in [2.05, 4.69) is 13.8 Å². The number of piperidine rings is 1. The number of carbonyl (C=O) groups excluding carboxylic acids is 1. The molecule has 2 rings (SSSR count). The van der Waals surface area contributed by atoms with Crippen LogP contribution in [0.2, 0.25) is 0 Å². The van der Waals surface area contributed by atoms with E-state index in [9.17, 15) is 4.79 Å². The predicted molar refractivity (Wildman–Crippen MR) is 82.3 cm³/mol. The SMILES string of the molecule is CCC1(C)CCCN(C(=O)[C@@H](N)Cc2ccccc2)C1.